The van der Waals surface area contributed by atoms with Gasteiger partial charge < -0.3 is 5.32 Å². The third-order valence-electron chi connectivity index (χ3n) is 2.66. The number of hydrogen-bond donors (Lipinski definition) is 1. The van der Waals surface area contributed by atoms with Crippen LogP contribution in [0.25, 0.3) is 0 Å². The van der Waals surface area contributed by atoms with Crippen LogP contribution in [0.4, 0.5) is 4.39 Å². The average molecular weight is 241 g/mol. The summed E-state index contributed by atoms with van der Waals surface area (Å²) in [7, 11) is 1.88. The fourth-order valence-electron chi connectivity index (χ4n) is 1.34. The monoisotopic (exact) mass is 241 g/mol. The minimum absolute atomic E-state index is 0.106. The Kier molecular flexibility index (Phi) is 5.29. The Labute approximate surface area is 102 Å². The fourth-order valence-corrected chi connectivity index (χ4v) is 2.45. The van der Waals surface area contributed by atoms with Crippen molar-refractivity contribution in [2.75, 3.05) is 7.05 Å². The standard InChI is InChI=1S/C13H20FNS/c1-9(2)10(3)16-13-11(8-15-4)6-5-7-12(13)14/h5-7,9-10,15H,8H2,1-4H3. The normalized spacial score (nSPS) is 13.1. The van der Waals surface area contributed by atoms with Crippen molar-refractivity contribution in [1.29, 1.82) is 0 Å². The van der Waals surface area contributed by atoms with Crippen molar-refractivity contribution < 1.29 is 4.39 Å². The van der Waals surface area contributed by atoms with Crippen LogP contribution in [-0.2, 0) is 6.54 Å². The van der Waals surface area contributed by atoms with Gasteiger partial charge in [0, 0.05) is 16.7 Å². The van der Waals surface area contributed by atoms with E-state index >= 15 is 0 Å². The predicted molar refractivity (Wildman–Crippen MR) is 69.3 cm³/mol. The maximum Gasteiger partial charge on any atom is 0.137 e. The van der Waals surface area contributed by atoms with E-state index in [-0.39, 0.29) is 5.82 Å². The topological polar surface area (TPSA) is 12.0 Å². The van der Waals surface area contributed by atoms with Gasteiger partial charge in [0.05, 0.1) is 0 Å². The number of rotatable bonds is 5. The summed E-state index contributed by atoms with van der Waals surface area (Å²) < 4.78 is 13.7. The molecule has 0 spiro atoms. The van der Waals surface area contributed by atoms with Crippen molar-refractivity contribution >= 4 is 11.8 Å². The van der Waals surface area contributed by atoms with E-state index in [2.05, 4.69) is 26.1 Å². The van der Waals surface area contributed by atoms with E-state index in [4.69, 9.17) is 0 Å². The van der Waals surface area contributed by atoms with Gasteiger partial charge in [-0.2, -0.15) is 0 Å². The van der Waals surface area contributed by atoms with E-state index in [1.807, 2.05) is 13.1 Å². The zero-order valence-corrected chi connectivity index (χ0v) is 11.2. The van der Waals surface area contributed by atoms with Crippen LogP contribution in [0, 0.1) is 11.7 Å². The highest BCUT2D eigenvalue weighted by Gasteiger charge is 2.14. The molecule has 16 heavy (non-hydrogen) atoms. The van der Waals surface area contributed by atoms with Crippen LogP contribution in [0.5, 0.6) is 0 Å². The van der Waals surface area contributed by atoms with Crippen molar-refractivity contribution in [1.82, 2.24) is 5.32 Å². The molecule has 90 valence electrons. The lowest BCUT2D eigenvalue weighted by molar-refractivity contribution is 0.590. The maximum absolute atomic E-state index is 13.7. The highest BCUT2D eigenvalue weighted by atomic mass is 32.2. The molecule has 0 aromatic heterocycles. The molecule has 0 aliphatic carbocycles. The minimum atomic E-state index is -0.106. The van der Waals surface area contributed by atoms with E-state index in [0.29, 0.717) is 17.7 Å². The second-order valence-electron chi connectivity index (χ2n) is 4.33. The van der Waals surface area contributed by atoms with Crippen LogP contribution in [-0.4, -0.2) is 12.3 Å². The summed E-state index contributed by atoms with van der Waals surface area (Å²) in [4.78, 5) is 0.790. The second-order valence-corrected chi connectivity index (χ2v) is 5.71. The molecule has 3 heteroatoms. The van der Waals surface area contributed by atoms with E-state index in [1.165, 1.54) is 6.07 Å². The number of halogens is 1. The van der Waals surface area contributed by atoms with Crippen molar-refractivity contribution in [3.63, 3.8) is 0 Å². The van der Waals surface area contributed by atoms with Crippen LogP contribution in [0.3, 0.4) is 0 Å². The molecule has 0 fully saturated rings. The number of benzene rings is 1. The minimum Gasteiger partial charge on any atom is -0.316 e. The van der Waals surface area contributed by atoms with Crippen LogP contribution in [0.1, 0.15) is 26.3 Å². The second kappa shape index (κ2) is 6.26. The molecule has 1 atom stereocenters. The first-order chi connectivity index (χ1) is 7.56. The number of nitrogens with one attached hydrogen (secondary N) is 1. The summed E-state index contributed by atoms with van der Waals surface area (Å²) in [6.45, 7) is 7.18. The summed E-state index contributed by atoms with van der Waals surface area (Å²) in [5.74, 6) is 0.442. The van der Waals surface area contributed by atoms with Crippen LogP contribution >= 0.6 is 11.8 Å². The molecule has 1 nitrogen and oxygen atoms in total. The Hall–Kier alpha value is -0.540. The van der Waals surface area contributed by atoms with Crippen molar-refractivity contribution in [3.05, 3.63) is 29.6 Å². The van der Waals surface area contributed by atoms with Gasteiger partial charge >= 0.3 is 0 Å². The lowest BCUT2D eigenvalue weighted by Crippen LogP contribution is -2.10. The zero-order chi connectivity index (χ0) is 12.1. The van der Waals surface area contributed by atoms with Gasteiger partial charge in [0.2, 0.25) is 0 Å². The summed E-state index contributed by atoms with van der Waals surface area (Å²) >= 11 is 1.63. The van der Waals surface area contributed by atoms with Crippen molar-refractivity contribution in [3.8, 4) is 0 Å². The summed E-state index contributed by atoms with van der Waals surface area (Å²) in [5.41, 5.74) is 1.04. The van der Waals surface area contributed by atoms with E-state index in [1.54, 1.807) is 17.8 Å². The molecule has 0 aliphatic heterocycles. The third-order valence-corrected chi connectivity index (χ3v) is 4.27. The van der Waals surface area contributed by atoms with Crippen LogP contribution < -0.4 is 5.32 Å². The van der Waals surface area contributed by atoms with Crippen molar-refractivity contribution in [2.24, 2.45) is 5.92 Å². The van der Waals surface area contributed by atoms with Gasteiger partial charge in [-0.1, -0.05) is 32.9 Å². The molecule has 0 bridgehead atoms. The van der Waals surface area contributed by atoms with Gasteiger partial charge in [-0.25, -0.2) is 4.39 Å². The van der Waals surface area contributed by atoms with E-state index in [9.17, 15) is 4.39 Å². The Morgan fingerprint density at radius 2 is 2.00 bits per heavy atom. The molecule has 0 heterocycles. The molecule has 0 amide bonds. The van der Waals surface area contributed by atoms with E-state index < -0.39 is 0 Å². The highest BCUT2D eigenvalue weighted by Crippen LogP contribution is 2.32. The molecule has 0 saturated carbocycles. The van der Waals surface area contributed by atoms with Crippen molar-refractivity contribution in [2.45, 2.75) is 37.5 Å². The average Bonchev–Trinajstić information content (AvgIpc) is 2.23. The van der Waals surface area contributed by atoms with Gasteiger partial charge in [-0.15, -0.1) is 11.8 Å². The summed E-state index contributed by atoms with van der Waals surface area (Å²) in [6, 6.07) is 5.29. The van der Waals surface area contributed by atoms with Gasteiger partial charge in [-0.3, -0.25) is 0 Å². The summed E-state index contributed by atoms with van der Waals surface area (Å²) in [5, 5.41) is 3.50. The largest absolute Gasteiger partial charge is 0.316 e. The highest BCUT2D eigenvalue weighted by molar-refractivity contribution is 8.00. The first-order valence-electron chi connectivity index (χ1n) is 5.65. The molecule has 1 aromatic rings. The Bertz CT molecular complexity index is 339. The number of thioether (sulfide) groups is 1. The van der Waals surface area contributed by atoms with Crippen LogP contribution in [0.2, 0.25) is 0 Å². The Morgan fingerprint density at radius 3 is 2.56 bits per heavy atom. The van der Waals surface area contributed by atoms with E-state index in [0.717, 1.165) is 10.5 Å². The molecular formula is C13H20FNS. The Balaban J connectivity index is 2.91. The fraction of sp³-hybridized carbons (Fsp3) is 0.538. The molecule has 1 unspecified atom stereocenters. The molecule has 0 saturated heterocycles. The van der Waals surface area contributed by atoms with Gasteiger partial charge in [0.1, 0.15) is 5.82 Å². The predicted octanol–water partition coefficient (Wildman–Crippen LogP) is 3.68. The maximum atomic E-state index is 13.7. The molecule has 0 radical (unpaired) electrons. The molecule has 0 aliphatic rings. The molecule has 1 aromatic carbocycles. The Morgan fingerprint density at radius 1 is 1.31 bits per heavy atom. The molecule has 1 rings (SSSR count). The SMILES string of the molecule is CNCc1cccc(F)c1SC(C)C(C)C. The lowest BCUT2D eigenvalue weighted by atomic mass is 10.2. The number of hydrogen-bond acceptors (Lipinski definition) is 2. The quantitative estimate of drug-likeness (QED) is 0.789. The first-order valence-corrected chi connectivity index (χ1v) is 6.52. The smallest absolute Gasteiger partial charge is 0.137 e. The summed E-state index contributed by atoms with van der Waals surface area (Å²) in [6.07, 6.45) is 0. The lowest BCUT2D eigenvalue weighted by Gasteiger charge is -2.17. The van der Waals surface area contributed by atoms with Gasteiger partial charge in [0.15, 0.2) is 0 Å². The first kappa shape index (κ1) is 13.5. The third kappa shape index (κ3) is 3.49. The van der Waals surface area contributed by atoms with Gasteiger partial charge in [-0.05, 0) is 24.6 Å². The molecular weight excluding hydrogens is 221 g/mol. The zero-order valence-electron chi connectivity index (χ0n) is 10.4. The van der Waals surface area contributed by atoms with Gasteiger partial charge in [0.25, 0.3) is 0 Å². The molecule has 1 N–H and O–H groups in total. The van der Waals surface area contributed by atoms with Crippen LogP contribution in [0.15, 0.2) is 23.1 Å².